The van der Waals surface area contributed by atoms with Crippen molar-refractivity contribution in [3.63, 3.8) is 0 Å². The molecule has 2 N–H and O–H groups in total. The average molecular weight is 307 g/mol. The number of aryl methyl sites for hydroxylation is 1. The first-order valence-electron chi connectivity index (χ1n) is 7.32. The number of carbonyl (C=O) groups excluding carboxylic acids is 1. The van der Waals surface area contributed by atoms with Gasteiger partial charge in [-0.1, -0.05) is 6.07 Å². The van der Waals surface area contributed by atoms with E-state index in [4.69, 9.17) is 4.42 Å². The van der Waals surface area contributed by atoms with E-state index in [1.54, 1.807) is 25.3 Å². The second-order valence-corrected chi connectivity index (χ2v) is 5.12. The molecule has 2 heterocycles. The van der Waals surface area contributed by atoms with Crippen LogP contribution in [0.25, 0.3) is 0 Å². The summed E-state index contributed by atoms with van der Waals surface area (Å²) in [7, 11) is 0. The van der Waals surface area contributed by atoms with Crippen LogP contribution in [-0.4, -0.2) is 10.9 Å². The van der Waals surface area contributed by atoms with Gasteiger partial charge in [-0.15, -0.1) is 0 Å². The fourth-order valence-electron chi connectivity index (χ4n) is 2.12. The van der Waals surface area contributed by atoms with Crippen LogP contribution in [0.2, 0.25) is 0 Å². The molecule has 0 aliphatic rings. The number of carbonyl (C=O) groups is 1. The van der Waals surface area contributed by atoms with Gasteiger partial charge in [0.25, 0.3) is 5.91 Å². The van der Waals surface area contributed by atoms with Gasteiger partial charge in [0.1, 0.15) is 5.76 Å². The van der Waals surface area contributed by atoms with Crippen LogP contribution in [0.5, 0.6) is 0 Å². The topological polar surface area (TPSA) is 67.2 Å². The molecule has 3 rings (SSSR count). The third kappa shape index (κ3) is 3.97. The van der Waals surface area contributed by atoms with Gasteiger partial charge in [0, 0.05) is 17.6 Å². The van der Waals surface area contributed by atoms with E-state index in [0.717, 1.165) is 11.4 Å². The monoisotopic (exact) mass is 307 g/mol. The number of benzene rings is 1. The van der Waals surface area contributed by atoms with Gasteiger partial charge in [-0.3, -0.25) is 9.78 Å². The molecular formula is C18H17N3O2. The summed E-state index contributed by atoms with van der Waals surface area (Å²) >= 11 is 0. The molecule has 0 radical (unpaired) electrons. The van der Waals surface area contributed by atoms with E-state index in [2.05, 4.69) is 15.6 Å². The van der Waals surface area contributed by atoms with Crippen LogP contribution in [0.1, 0.15) is 22.0 Å². The van der Waals surface area contributed by atoms with Gasteiger partial charge in [0.15, 0.2) is 5.76 Å². The number of anilines is 2. The van der Waals surface area contributed by atoms with E-state index in [1.807, 2.05) is 42.5 Å². The van der Waals surface area contributed by atoms with E-state index in [-0.39, 0.29) is 5.91 Å². The summed E-state index contributed by atoms with van der Waals surface area (Å²) in [6.45, 7) is 2.46. The Hall–Kier alpha value is -3.08. The van der Waals surface area contributed by atoms with Crippen LogP contribution >= 0.6 is 0 Å². The van der Waals surface area contributed by atoms with Crippen molar-refractivity contribution in [3.8, 4) is 0 Å². The molecule has 116 valence electrons. The molecule has 0 atom stereocenters. The minimum Gasteiger partial charge on any atom is -0.456 e. The van der Waals surface area contributed by atoms with Gasteiger partial charge in [-0.05, 0) is 55.5 Å². The first-order valence-corrected chi connectivity index (χ1v) is 7.32. The second kappa shape index (κ2) is 6.79. The molecule has 23 heavy (non-hydrogen) atoms. The third-order valence-corrected chi connectivity index (χ3v) is 3.31. The van der Waals surface area contributed by atoms with Crippen molar-refractivity contribution in [3.05, 3.63) is 78.0 Å². The Labute approximate surface area is 134 Å². The Morgan fingerprint density at radius 3 is 2.48 bits per heavy atom. The summed E-state index contributed by atoms with van der Waals surface area (Å²) in [4.78, 5) is 16.3. The molecule has 0 unspecified atom stereocenters. The number of amides is 1. The molecule has 0 fully saturated rings. The van der Waals surface area contributed by atoms with Crippen molar-refractivity contribution in [1.29, 1.82) is 0 Å². The highest BCUT2D eigenvalue weighted by Gasteiger charge is 2.09. The molecular weight excluding hydrogens is 290 g/mol. The molecule has 3 aromatic rings. The van der Waals surface area contributed by atoms with Crippen LogP contribution in [-0.2, 0) is 6.54 Å². The lowest BCUT2D eigenvalue weighted by atomic mass is 10.2. The van der Waals surface area contributed by atoms with Crippen molar-refractivity contribution < 1.29 is 9.21 Å². The van der Waals surface area contributed by atoms with E-state index in [1.165, 1.54) is 0 Å². The number of hydrogen-bond donors (Lipinski definition) is 2. The number of aromatic nitrogens is 1. The molecule has 1 aromatic carbocycles. The van der Waals surface area contributed by atoms with Gasteiger partial charge >= 0.3 is 0 Å². The van der Waals surface area contributed by atoms with E-state index in [0.29, 0.717) is 23.8 Å². The summed E-state index contributed by atoms with van der Waals surface area (Å²) < 4.78 is 5.30. The number of hydrogen-bond acceptors (Lipinski definition) is 4. The number of nitrogens with zero attached hydrogens (tertiary/aromatic N) is 1. The molecule has 0 aliphatic heterocycles. The lowest BCUT2D eigenvalue weighted by Crippen LogP contribution is -2.10. The number of nitrogens with one attached hydrogen (secondary N) is 2. The van der Waals surface area contributed by atoms with Crippen LogP contribution in [0, 0.1) is 6.92 Å². The molecule has 0 aliphatic carbocycles. The lowest BCUT2D eigenvalue weighted by molar-refractivity contribution is 0.0995. The Morgan fingerprint density at radius 1 is 1.04 bits per heavy atom. The van der Waals surface area contributed by atoms with Crippen LogP contribution in [0.4, 0.5) is 11.4 Å². The molecule has 0 bridgehead atoms. The zero-order valence-corrected chi connectivity index (χ0v) is 12.7. The van der Waals surface area contributed by atoms with Crippen molar-refractivity contribution in [2.75, 3.05) is 10.6 Å². The Morgan fingerprint density at radius 2 is 1.83 bits per heavy atom. The summed E-state index contributed by atoms with van der Waals surface area (Å²) in [6, 6.07) is 16.7. The Balaban J connectivity index is 1.57. The van der Waals surface area contributed by atoms with E-state index >= 15 is 0 Å². The quantitative estimate of drug-likeness (QED) is 0.751. The second-order valence-electron chi connectivity index (χ2n) is 5.12. The fraction of sp³-hybridized carbons (Fsp3) is 0.111. The van der Waals surface area contributed by atoms with Crippen LogP contribution in [0.15, 0.2) is 65.2 Å². The third-order valence-electron chi connectivity index (χ3n) is 3.31. The number of rotatable bonds is 5. The fourth-order valence-corrected chi connectivity index (χ4v) is 2.12. The lowest BCUT2D eigenvalue weighted by Gasteiger charge is -2.08. The highest BCUT2D eigenvalue weighted by Crippen LogP contribution is 2.16. The minimum atomic E-state index is -0.257. The Bertz CT molecular complexity index is 780. The smallest absolute Gasteiger partial charge is 0.291 e. The largest absolute Gasteiger partial charge is 0.456 e. The van der Waals surface area contributed by atoms with Crippen LogP contribution in [0.3, 0.4) is 0 Å². The minimum absolute atomic E-state index is 0.257. The molecule has 0 saturated carbocycles. The summed E-state index contributed by atoms with van der Waals surface area (Å²) in [5.41, 5.74) is 2.65. The molecule has 0 spiro atoms. The van der Waals surface area contributed by atoms with Crippen molar-refractivity contribution in [1.82, 2.24) is 4.98 Å². The Kier molecular flexibility index (Phi) is 4.38. The van der Waals surface area contributed by atoms with Gasteiger partial charge in [-0.2, -0.15) is 0 Å². The zero-order valence-electron chi connectivity index (χ0n) is 12.7. The van der Waals surface area contributed by atoms with E-state index < -0.39 is 0 Å². The zero-order chi connectivity index (χ0) is 16.1. The molecule has 1 amide bonds. The van der Waals surface area contributed by atoms with E-state index in [9.17, 15) is 4.79 Å². The van der Waals surface area contributed by atoms with Crippen molar-refractivity contribution in [2.45, 2.75) is 13.5 Å². The van der Waals surface area contributed by atoms with Crippen molar-refractivity contribution in [2.24, 2.45) is 0 Å². The first kappa shape index (κ1) is 14.8. The van der Waals surface area contributed by atoms with Crippen LogP contribution < -0.4 is 10.6 Å². The SMILES string of the molecule is Cc1ccc(C(=O)Nc2ccc(NCc3ccccn3)cc2)o1. The summed E-state index contributed by atoms with van der Waals surface area (Å²) in [6.07, 6.45) is 1.77. The maximum Gasteiger partial charge on any atom is 0.291 e. The maximum absolute atomic E-state index is 12.0. The number of pyridine rings is 1. The molecule has 5 heteroatoms. The molecule has 2 aromatic heterocycles. The first-order chi connectivity index (χ1) is 11.2. The molecule has 0 saturated heterocycles. The summed E-state index contributed by atoms with van der Waals surface area (Å²) in [5, 5.41) is 6.08. The summed E-state index contributed by atoms with van der Waals surface area (Å²) in [5.74, 6) is 0.761. The predicted octanol–water partition coefficient (Wildman–Crippen LogP) is 3.85. The van der Waals surface area contributed by atoms with Crippen molar-refractivity contribution >= 4 is 17.3 Å². The highest BCUT2D eigenvalue weighted by molar-refractivity contribution is 6.02. The van der Waals surface area contributed by atoms with Gasteiger partial charge in [-0.25, -0.2) is 0 Å². The normalized spacial score (nSPS) is 10.3. The van der Waals surface area contributed by atoms with Gasteiger partial charge in [0.2, 0.25) is 0 Å². The predicted molar refractivity (Wildman–Crippen MR) is 89.4 cm³/mol. The average Bonchev–Trinajstić information content (AvgIpc) is 3.02. The van der Waals surface area contributed by atoms with Gasteiger partial charge < -0.3 is 15.1 Å². The van der Waals surface area contributed by atoms with Gasteiger partial charge in [0.05, 0.1) is 12.2 Å². The molecule has 5 nitrogen and oxygen atoms in total. The maximum atomic E-state index is 12.0. The highest BCUT2D eigenvalue weighted by atomic mass is 16.3. The number of furan rings is 1. The standard InChI is InChI=1S/C18H17N3O2/c1-13-5-10-17(23-13)18(22)21-15-8-6-14(7-9-15)20-12-16-4-2-3-11-19-16/h2-11,20H,12H2,1H3,(H,21,22).